The number of benzene rings is 1. The summed E-state index contributed by atoms with van der Waals surface area (Å²) in [5.41, 5.74) is 3.05. The van der Waals surface area contributed by atoms with Gasteiger partial charge in [-0.15, -0.1) is 0 Å². The van der Waals surface area contributed by atoms with E-state index in [4.69, 9.17) is 4.74 Å². The molecular formula is C19H33NO. The Kier molecular flexibility index (Phi) is 7.41. The predicted molar refractivity (Wildman–Crippen MR) is 92.0 cm³/mol. The highest BCUT2D eigenvalue weighted by Gasteiger charge is 2.15. The lowest BCUT2D eigenvalue weighted by molar-refractivity contribution is 0.149. The van der Waals surface area contributed by atoms with Crippen LogP contribution in [0.4, 0.5) is 0 Å². The summed E-state index contributed by atoms with van der Waals surface area (Å²) >= 11 is 0. The Morgan fingerprint density at radius 1 is 1.14 bits per heavy atom. The van der Waals surface area contributed by atoms with Gasteiger partial charge in [0.05, 0.1) is 0 Å². The molecule has 0 aliphatic rings. The van der Waals surface area contributed by atoms with Crippen LogP contribution in [0.2, 0.25) is 0 Å². The molecule has 0 radical (unpaired) electrons. The van der Waals surface area contributed by atoms with E-state index in [1.165, 1.54) is 11.1 Å². The van der Waals surface area contributed by atoms with Gasteiger partial charge in [0.1, 0.15) is 0 Å². The molecule has 0 aromatic heterocycles. The third-order valence-electron chi connectivity index (χ3n) is 3.93. The third-order valence-corrected chi connectivity index (χ3v) is 3.93. The van der Waals surface area contributed by atoms with Crippen LogP contribution in [0.1, 0.15) is 52.2 Å². The van der Waals surface area contributed by atoms with E-state index in [1.807, 2.05) is 0 Å². The molecular weight excluding hydrogens is 258 g/mol. The highest BCUT2D eigenvalue weighted by molar-refractivity contribution is 5.28. The molecule has 0 saturated carbocycles. The first-order chi connectivity index (χ1) is 9.86. The van der Waals surface area contributed by atoms with Gasteiger partial charge >= 0.3 is 0 Å². The van der Waals surface area contributed by atoms with E-state index in [0.717, 1.165) is 26.0 Å². The van der Waals surface area contributed by atoms with Gasteiger partial charge in [0.25, 0.3) is 0 Å². The van der Waals surface area contributed by atoms with Crippen molar-refractivity contribution in [1.82, 2.24) is 5.32 Å². The fraction of sp³-hybridized carbons (Fsp3) is 0.684. The van der Waals surface area contributed by atoms with Gasteiger partial charge in [0.2, 0.25) is 0 Å². The average Bonchev–Trinajstić information content (AvgIpc) is 2.38. The molecule has 0 aliphatic heterocycles. The Hall–Kier alpha value is -0.860. The van der Waals surface area contributed by atoms with Gasteiger partial charge in [0, 0.05) is 19.8 Å². The van der Waals surface area contributed by atoms with Crippen LogP contribution in [-0.4, -0.2) is 26.3 Å². The second-order valence-electron chi connectivity index (χ2n) is 7.20. The summed E-state index contributed by atoms with van der Waals surface area (Å²) in [5.74, 6) is 0.591. The first-order valence-corrected chi connectivity index (χ1v) is 8.18. The number of hydrogen-bond donors (Lipinski definition) is 1. The molecule has 0 fully saturated rings. The fourth-order valence-electron chi connectivity index (χ4n) is 2.79. The molecule has 2 atom stereocenters. The fourth-order valence-corrected chi connectivity index (χ4v) is 2.79. The van der Waals surface area contributed by atoms with Crippen molar-refractivity contribution < 1.29 is 4.74 Å². The van der Waals surface area contributed by atoms with Crippen LogP contribution in [0.15, 0.2) is 24.3 Å². The molecule has 0 bridgehead atoms. The maximum Gasteiger partial charge on any atom is 0.0488 e. The standard InChI is InChI=1S/C19H33NO/c1-7-20-18(12-15(2)14-21-6)13-16-8-10-17(11-9-16)19(3,4)5/h8-11,15,18,20H,7,12-14H2,1-6H3. The molecule has 0 spiro atoms. The number of hydrogen-bond acceptors (Lipinski definition) is 2. The molecule has 21 heavy (non-hydrogen) atoms. The first kappa shape index (κ1) is 18.2. The second-order valence-corrected chi connectivity index (χ2v) is 7.20. The Labute approximate surface area is 131 Å². The molecule has 2 unspecified atom stereocenters. The third kappa shape index (κ3) is 6.62. The van der Waals surface area contributed by atoms with E-state index in [0.29, 0.717) is 12.0 Å². The van der Waals surface area contributed by atoms with Crippen molar-refractivity contribution in [2.24, 2.45) is 5.92 Å². The van der Waals surface area contributed by atoms with Crippen molar-refractivity contribution >= 4 is 0 Å². The van der Waals surface area contributed by atoms with Crippen molar-refractivity contribution in [3.8, 4) is 0 Å². The minimum absolute atomic E-state index is 0.229. The molecule has 0 amide bonds. The normalized spacial score (nSPS) is 15.0. The van der Waals surface area contributed by atoms with Gasteiger partial charge in [-0.1, -0.05) is 58.9 Å². The van der Waals surface area contributed by atoms with Crippen LogP contribution >= 0.6 is 0 Å². The molecule has 120 valence electrons. The van der Waals surface area contributed by atoms with Crippen LogP contribution < -0.4 is 5.32 Å². The summed E-state index contributed by atoms with van der Waals surface area (Å²) in [7, 11) is 1.78. The van der Waals surface area contributed by atoms with Crippen LogP contribution in [0.3, 0.4) is 0 Å². The van der Waals surface area contributed by atoms with Crippen molar-refractivity contribution in [1.29, 1.82) is 0 Å². The number of rotatable bonds is 8. The van der Waals surface area contributed by atoms with Gasteiger partial charge in [-0.25, -0.2) is 0 Å². The number of likely N-dealkylation sites (N-methyl/N-ethyl adjacent to an activating group) is 1. The quantitative estimate of drug-likeness (QED) is 0.776. The van der Waals surface area contributed by atoms with E-state index < -0.39 is 0 Å². The highest BCUT2D eigenvalue weighted by Crippen LogP contribution is 2.23. The van der Waals surface area contributed by atoms with Crippen LogP contribution in [0.25, 0.3) is 0 Å². The number of nitrogens with one attached hydrogen (secondary N) is 1. The average molecular weight is 291 g/mol. The van der Waals surface area contributed by atoms with Gasteiger partial charge in [0.15, 0.2) is 0 Å². The van der Waals surface area contributed by atoms with Crippen molar-refractivity contribution in [3.05, 3.63) is 35.4 Å². The second kappa shape index (κ2) is 8.55. The summed E-state index contributed by atoms with van der Waals surface area (Å²) in [6, 6.07) is 9.65. The van der Waals surface area contributed by atoms with Gasteiger partial charge < -0.3 is 10.1 Å². The molecule has 1 aromatic carbocycles. The molecule has 1 N–H and O–H groups in total. The van der Waals surface area contributed by atoms with Gasteiger partial charge in [-0.3, -0.25) is 0 Å². The lowest BCUT2D eigenvalue weighted by Gasteiger charge is -2.23. The lowest BCUT2D eigenvalue weighted by atomic mass is 9.86. The van der Waals surface area contributed by atoms with E-state index in [2.05, 4.69) is 64.2 Å². The van der Waals surface area contributed by atoms with E-state index >= 15 is 0 Å². The summed E-state index contributed by atoms with van der Waals surface area (Å²) in [5, 5.41) is 3.61. The number of methoxy groups -OCH3 is 1. The van der Waals surface area contributed by atoms with E-state index in [-0.39, 0.29) is 5.41 Å². The van der Waals surface area contributed by atoms with Gasteiger partial charge in [-0.2, -0.15) is 0 Å². The van der Waals surface area contributed by atoms with E-state index in [9.17, 15) is 0 Å². The Bertz CT molecular complexity index is 391. The van der Waals surface area contributed by atoms with Crippen molar-refractivity contribution in [2.75, 3.05) is 20.3 Å². The highest BCUT2D eigenvalue weighted by atomic mass is 16.5. The molecule has 0 heterocycles. The molecule has 1 aromatic rings. The zero-order valence-corrected chi connectivity index (χ0v) is 14.7. The zero-order valence-electron chi connectivity index (χ0n) is 14.7. The largest absolute Gasteiger partial charge is 0.384 e. The minimum atomic E-state index is 0.229. The van der Waals surface area contributed by atoms with Crippen LogP contribution in [0, 0.1) is 5.92 Å². The van der Waals surface area contributed by atoms with E-state index in [1.54, 1.807) is 7.11 Å². The Morgan fingerprint density at radius 3 is 2.24 bits per heavy atom. The number of ether oxygens (including phenoxy) is 1. The predicted octanol–water partition coefficient (Wildman–Crippen LogP) is 4.18. The van der Waals surface area contributed by atoms with Crippen molar-refractivity contribution in [3.63, 3.8) is 0 Å². The zero-order chi connectivity index (χ0) is 15.9. The summed E-state index contributed by atoms with van der Waals surface area (Å²) < 4.78 is 5.26. The molecule has 0 saturated heterocycles. The SMILES string of the molecule is CCNC(Cc1ccc(C(C)(C)C)cc1)CC(C)COC. The summed E-state index contributed by atoms with van der Waals surface area (Å²) in [6.07, 6.45) is 2.25. The van der Waals surface area contributed by atoms with Gasteiger partial charge in [-0.05, 0) is 41.8 Å². The minimum Gasteiger partial charge on any atom is -0.384 e. The maximum absolute atomic E-state index is 5.26. The topological polar surface area (TPSA) is 21.3 Å². The first-order valence-electron chi connectivity index (χ1n) is 8.18. The van der Waals surface area contributed by atoms with Crippen LogP contribution in [-0.2, 0) is 16.6 Å². The smallest absolute Gasteiger partial charge is 0.0488 e. The Balaban J connectivity index is 2.66. The lowest BCUT2D eigenvalue weighted by Crippen LogP contribution is -2.33. The summed E-state index contributed by atoms with van der Waals surface area (Å²) in [4.78, 5) is 0. The summed E-state index contributed by atoms with van der Waals surface area (Å²) in [6.45, 7) is 13.1. The molecule has 2 nitrogen and oxygen atoms in total. The van der Waals surface area contributed by atoms with Crippen LogP contribution in [0.5, 0.6) is 0 Å². The molecule has 1 rings (SSSR count). The van der Waals surface area contributed by atoms with Crippen molar-refractivity contribution in [2.45, 2.75) is 58.9 Å². The maximum atomic E-state index is 5.26. The molecule has 2 heteroatoms. The molecule has 0 aliphatic carbocycles. The Morgan fingerprint density at radius 2 is 1.76 bits per heavy atom. The monoisotopic (exact) mass is 291 g/mol.